The number of ether oxygens (including phenoxy) is 3. The zero-order valence-electron chi connectivity index (χ0n) is 17.6. The molecule has 154 valence electrons. The molecule has 0 aromatic heterocycles. The summed E-state index contributed by atoms with van der Waals surface area (Å²) in [5.41, 5.74) is 4.22. The van der Waals surface area contributed by atoms with Crippen molar-refractivity contribution in [2.75, 3.05) is 24.4 Å². The van der Waals surface area contributed by atoms with Gasteiger partial charge >= 0.3 is 6.09 Å². The molecule has 6 nitrogen and oxygen atoms in total. The minimum atomic E-state index is -0.561. The second kappa shape index (κ2) is 6.95. The van der Waals surface area contributed by atoms with E-state index in [1.54, 1.807) is 7.11 Å². The normalized spacial score (nSPS) is 22.4. The highest BCUT2D eigenvalue weighted by atomic mass is 16.6. The second-order valence-corrected chi connectivity index (χ2v) is 8.66. The minimum absolute atomic E-state index is 0.177. The summed E-state index contributed by atoms with van der Waals surface area (Å²) in [6.45, 7) is 8.27. The number of carbonyl (C=O) groups is 1. The molecule has 0 spiro atoms. The predicted octanol–water partition coefficient (Wildman–Crippen LogP) is 4.81. The Hall–Kier alpha value is -2.73. The number of fused-ring (bicyclic) bond motifs is 3. The molecule has 2 N–H and O–H groups in total. The van der Waals surface area contributed by atoms with Crippen LogP contribution in [-0.4, -0.2) is 31.6 Å². The maximum absolute atomic E-state index is 12.3. The van der Waals surface area contributed by atoms with Crippen LogP contribution in [0.25, 0.3) is 0 Å². The molecular weight excluding hydrogens is 368 g/mol. The molecule has 6 heteroatoms. The van der Waals surface area contributed by atoms with Gasteiger partial charge in [0.25, 0.3) is 0 Å². The summed E-state index contributed by atoms with van der Waals surface area (Å²) in [6.07, 6.45) is 0.170. The molecular formula is C23H28N2O4. The Balaban J connectivity index is 1.78. The number of benzene rings is 2. The lowest BCUT2D eigenvalue weighted by Gasteiger charge is -2.31. The van der Waals surface area contributed by atoms with Crippen molar-refractivity contribution in [2.45, 2.75) is 51.4 Å². The van der Waals surface area contributed by atoms with Gasteiger partial charge in [-0.25, -0.2) is 4.79 Å². The van der Waals surface area contributed by atoms with Crippen molar-refractivity contribution in [3.05, 3.63) is 53.1 Å². The maximum Gasteiger partial charge on any atom is 0.412 e. The lowest BCUT2D eigenvalue weighted by atomic mass is 9.73. The fourth-order valence-electron chi connectivity index (χ4n) is 4.39. The predicted molar refractivity (Wildman–Crippen MR) is 113 cm³/mol. The van der Waals surface area contributed by atoms with Gasteiger partial charge in [0.1, 0.15) is 17.6 Å². The van der Waals surface area contributed by atoms with Gasteiger partial charge in [0.2, 0.25) is 0 Å². The van der Waals surface area contributed by atoms with Gasteiger partial charge in [0, 0.05) is 16.9 Å². The van der Waals surface area contributed by atoms with Gasteiger partial charge < -0.3 is 19.5 Å². The third-order valence-electron chi connectivity index (χ3n) is 5.58. The first-order valence-electron chi connectivity index (χ1n) is 9.91. The molecule has 4 rings (SSSR count). The number of anilines is 2. The largest absolute Gasteiger partial charge is 0.496 e. The maximum atomic E-state index is 12.3. The van der Waals surface area contributed by atoms with Gasteiger partial charge in [0.05, 0.1) is 19.1 Å². The summed E-state index contributed by atoms with van der Waals surface area (Å²) in [7, 11) is 1.67. The third kappa shape index (κ3) is 3.31. The summed E-state index contributed by atoms with van der Waals surface area (Å²) >= 11 is 0. The van der Waals surface area contributed by atoms with E-state index in [1.165, 1.54) is 11.1 Å². The van der Waals surface area contributed by atoms with Crippen molar-refractivity contribution in [2.24, 2.45) is 0 Å². The molecule has 0 aliphatic carbocycles. The molecule has 2 aliphatic heterocycles. The molecule has 2 aliphatic rings. The average Bonchev–Trinajstić information content (AvgIpc) is 3.18. The Kier molecular flexibility index (Phi) is 4.69. The number of carbonyl (C=O) groups excluding carboxylic acids is 1. The van der Waals surface area contributed by atoms with Crippen LogP contribution in [0.15, 0.2) is 36.4 Å². The summed E-state index contributed by atoms with van der Waals surface area (Å²) < 4.78 is 17.2. The molecule has 2 aromatic rings. The first-order chi connectivity index (χ1) is 13.7. The van der Waals surface area contributed by atoms with Crippen LogP contribution < -0.4 is 15.4 Å². The molecule has 0 bridgehead atoms. The van der Waals surface area contributed by atoms with Gasteiger partial charge in [0.15, 0.2) is 0 Å². The standard InChI is InChI=1S/C23H28N2O4/c1-14-7-6-8-16-19(14)25-20-23(16,11-12-28-20)17-13-15(9-10-18(17)27-5)24-21(26)29-22(2,3)4/h6-10,13,20,25H,11-12H2,1-5H3,(H,24,26)/t20-,23-/m1/s1. The van der Waals surface area contributed by atoms with Crippen molar-refractivity contribution in [1.29, 1.82) is 0 Å². The van der Waals surface area contributed by atoms with E-state index >= 15 is 0 Å². The van der Waals surface area contributed by atoms with Crippen LogP contribution in [0.5, 0.6) is 5.75 Å². The molecule has 0 radical (unpaired) electrons. The number of para-hydroxylation sites is 1. The quantitative estimate of drug-likeness (QED) is 0.779. The molecule has 29 heavy (non-hydrogen) atoms. The summed E-state index contributed by atoms with van der Waals surface area (Å²) in [4.78, 5) is 12.3. The van der Waals surface area contributed by atoms with E-state index in [1.807, 2.05) is 39.0 Å². The number of rotatable bonds is 3. The van der Waals surface area contributed by atoms with Crippen molar-refractivity contribution in [3.63, 3.8) is 0 Å². The summed E-state index contributed by atoms with van der Waals surface area (Å²) in [5, 5.41) is 6.40. The fourth-order valence-corrected chi connectivity index (χ4v) is 4.39. The van der Waals surface area contributed by atoms with Crippen LogP contribution >= 0.6 is 0 Å². The Morgan fingerprint density at radius 2 is 2.03 bits per heavy atom. The SMILES string of the molecule is COc1ccc(NC(=O)OC(C)(C)C)cc1[C@]12CCO[C@H]1Nc1c(C)cccc12. The van der Waals surface area contributed by atoms with Gasteiger partial charge in [-0.3, -0.25) is 5.32 Å². The van der Waals surface area contributed by atoms with Gasteiger partial charge in [-0.1, -0.05) is 18.2 Å². The monoisotopic (exact) mass is 396 g/mol. The number of nitrogens with one attached hydrogen (secondary N) is 2. The molecule has 2 atom stereocenters. The van der Waals surface area contributed by atoms with E-state index < -0.39 is 11.7 Å². The number of hydrogen-bond donors (Lipinski definition) is 2. The molecule has 1 saturated heterocycles. The number of amides is 1. The minimum Gasteiger partial charge on any atom is -0.496 e. The highest BCUT2D eigenvalue weighted by molar-refractivity contribution is 5.85. The van der Waals surface area contributed by atoms with Crippen molar-refractivity contribution in [1.82, 2.24) is 0 Å². The van der Waals surface area contributed by atoms with Crippen molar-refractivity contribution >= 4 is 17.5 Å². The number of aryl methyl sites for hydroxylation is 1. The van der Waals surface area contributed by atoms with Crippen LogP contribution in [0.2, 0.25) is 0 Å². The molecule has 1 amide bonds. The Labute approximate surface area is 171 Å². The smallest absolute Gasteiger partial charge is 0.412 e. The van der Waals surface area contributed by atoms with Gasteiger partial charge in [-0.2, -0.15) is 0 Å². The molecule has 2 aromatic carbocycles. The van der Waals surface area contributed by atoms with E-state index in [0.29, 0.717) is 12.3 Å². The number of methoxy groups -OCH3 is 1. The lowest BCUT2D eigenvalue weighted by Crippen LogP contribution is -2.36. The number of hydrogen-bond acceptors (Lipinski definition) is 5. The van der Waals surface area contributed by atoms with Crippen LogP contribution in [0.4, 0.5) is 16.2 Å². The zero-order chi connectivity index (χ0) is 20.8. The van der Waals surface area contributed by atoms with Crippen molar-refractivity contribution < 1.29 is 19.0 Å². The highest BCUT2D eigenvalue weighted by Crippen LogP contribution is 2.55. The van der Waals surface area contributed by atoms with E-state index in [2.05, 4.69) is 35.8 Å². The second-order valence-electron chi connectivity index (χ2n) is 8.66. The van der Waals surface area contributed by atoms with E-state index in [0.717, 1.165) is 23.4 Å². The summed E-state index contributed by atoms with van der Waals surface area (Å²) in [5.74, 6) is 0.770. The van der Waals surface area contributed by atoms with Gasteiger partial charge in [-0.15, -0.1) is 0 Å². The first kappa shape index (κ1) is 19.6. The van der Waals surface area contributed by atoms with E-state index in [-0.39, 0.29) is 11.6 Å². The van der Waals surface area contributed by atoms with E-state index in [4.69, 9.17) is 14.2 Å². The van der Waals surface area contributed by atoms with E-state index in [9.17, 15) is 4.79 Å². The molecule has 1 fully saturated rings. The Morgan fingerprint density at radius 1 is 1.24 bits per heavy atom. The van der Waals surface area contributed by atoms with Crippen LogP contribution in [0, 0.1) is 6.92 Å². The topological polar surface area (TPSA) is 68.8 Å². The third-order valence-corrected chi connectivity index (χ3v) is 5.58. The molecule has 0 unspecified atom stereocenters. The average molecular weight is 396 g/mol. The fraction of sp³-hybridized carbons (Fsp3) is 0.435. The molecule has 0 saturated carbocycles. The Bertz CT molecular complexity index is 950. The van der Waals surface area contributed by atoms with Crippen LogP contribution in [0.3, 0.4) is 0 Å². The highest BCUT2D eigenvalue weighted by Gasteiger charge is 2.54. The molecule has 2 heterocycles. The lowest BCUT2D eigenvalue weighted by molar-refractivity contribution is 0.0636. The van der Waals surface area contributed by atoms with Gasteiger partial charge in [-0.05, 0) is 63.4 Å². The first-order valence-corrected chi connectivity index (χ1v) is 9.91. The van der Waals surface area contributed by atoms with Crippen molar-refractivity contribution in [3.8, 4) is 5.75 Å². The zero-order valence-corrected chi connectivity index (χ0v) is 17.6. The Morgan fingerprint density at radius 3 is 2.76 bits per heavy atom. The van der Waals surface area contributed by atoms with Crippen LogP contribution in [-0.2, 0) is 14.9 Å². The van der Waals surface area contributed by atoms with Crippen LogP contribution in [0.1, 0.15) is 43.9 Å². The summed E-state index contributed by atoms with van der Waals surface area (Å²) in [6, 6.07) is 12.0.